The lowest BCUT2D eigenvalue weighted by atomic mass is 10.2. The number of rotatable bonds is 7. The number of nitrogens with one attached hydrogen (secondary N) is 2. The van der Waals surface area contributed by atoms with Gasteiger partial charge in [0, 0.05) is 13.1 Å². The normalized spacial score (nSPS) is 17.1. The van der Waals surface area contributed by atoms with Crippen molar-refractivity contribution >= 4 is 29.9 Å². The minimum atomic E-state index is 0. The number of hydrogen-bond donors (Lipinski definition) is 3. The van der Waals surface area contributed by atoms with Crippen molar-refractivity contribution in [1.29, 1.82) is 0 Å². The Morgan fingerprint density at radius 1 is 1.41 bits per heavy atom. The van der Waals surface area contributed by atoms with E-state index in [1.807, 2.05) is 19.1 Å². The molecule has 2 rings (SSSR count). The van der Waals surface area contributed by atoms with E-state index in [1.165, 1.54) is 12.8 Å². The zero-order chi connectivity index (χ0) is 14.9. The number of likely N-dealkylation sites (tertiary alicyclic amines) is 1. The molecule has 0 aromatic carbocycles. The molecule has 1 fully saturated rings. The second-order valence-corrected chi connectivity index (χ2v) is 5.14. The lowest BCUT2D eigenvalue weighted by molar-refractivity contribution is 0.221. The van der Waals surface area contributed by atoms with E-state index in [1.54, 1.807) is 6.26 Å². The average molecular weight is 422 g/mol. The smallest absolute Gasteiger partial charge is 0.191 e. The van der Waals surface area contributed by atoms with Crippen molar-refractivity contribution in [3.63, 3.8) is 0 Å². The summed E-state index contributed by atoms with van der Waals surface area (Å²) in [5.41, 5.74) is 0. The molecule has 1 aliphatic heterocycles. The summed E-state index contributed by atoms with van der Waals surface area (Å²) in [6.45, 7) is 6.27. The molecule has 2 heterocycles. The Morgan fingerprint density at radius 2 is 2.18 bits per heavy atom. The van der Waals surface area contributed by atoms with E-state index in [2.05, 4.69) is 20.5 Å². The topological polar surface area (TPSA) is 73.0 Å². The van der Waals surface area contributed by atoms with E-state index in [0.29, 0.717) is 13.1 Å². The largest absolute Gasteiger partial charge is 0.468 e. The van der Waals surface area contributed by atoms with E-state index >= 15 is 0 Å². The third kappa shape index (κ3) is 5.77. The molecule has 0 spiro atoms. The molecular formula is C15H27IN4O2. The van der Waals surface area contributed by atoms with Crippen LogP contribution in [0.2, 0.25) is 0 Å². The first kappa shape index (κ1) is 19.2. The molecule has 0 saturated carbocycles. The number of aliphatic hydroxyl groups is 1. The van der Waals surface area contributed by atoms with Crippen LogP contribution in [0, 0.1) is 0 Å². The monoisotopic (exact) mass is 422 g/mol. The Hall–Kier alpha value is -0.800. The lowest BCUT2D eigenvalue weighted by Gasteiger charge is -2.24. The predicted molar refractivity (Wildman–Crippen MR) is 98.7 cm³/mol. The van der Waals surface area contributed by atoms with Crippen molar-refractivity contribution in [2.24, 2.45) is 4.99 Å². The van der Waals surface area contributed by atoms with Crippen LogP contribution in [-0.4, -0.2) is 55.3 Å². The molecule has 3 N–H and O–H groups in total. The van der Waals surface area contributed by atoms with Crippen LogP contribution in [0.1, 0.15) is 31.6 Å². The highest BCUT2D eigenvalue weighted by Crippen LogP contribution is 2.25. The number of hydrogen-bond acceptors (Lipinski definition) is 4. The second-order valence-electron chi connectivity index (χ2n) is 5.14. The molecule has 1 aromatic rings. The molecule has 0 amide bonds. The Balaban J connectivity index is 0.00000242. The second kappa shape index (κ2) is 10.8. The van der Waals surface area contributed by atoms with Crippen LogP contribution in [0.15, 0.2) is 27.8 Å². The summed E-state index contributed by atoms with van der Waals surface area (Å²) in [7, 11) is 0. The van der Waals surface area contributed by atoms with Crippen LogP contribution in [0.5, 0.6) is 0 Å². The molecule has 0 bridgehead atoms. The molecule has 22 heavy (non-hydrogen) atoms. The number of aliphatic imine (C=N–C) groups is 1. The molecule has 1 saturated heterocycles. The number of furan rings is 1. The van der Waals surface area contributed by atoms with E-state index in [9.17, 15) is 0 Å². The lowest BCUT2D eigenvalue weighted by Crippen LogP contribution is -2.39. The quantitative estimate of drug-likeness (QED) is 0.354. The summed E-state index contributed by atoms with van der Waals surface area (Å²) >= 11 is 0. The minimum absolute atomic E-state index is 0. The van der Waals surface area contributed by atoms with Crippen molar-refractivity contribution in [2.75, 3.05) is 39.3 Å². The fraction of sp³-hybridized carbons (Fsp3) is 0.667. The van der Waals surface area contributed by atoms with E-state index in [-0.39, 0.29) is 36.6 Å². The summed E-state index contributed by atoms with van der Waals surface area (Å²) in [4.78, 5) is 7.06. The van der Waals surface area contributed by atoms with Crippen LogP contribution in [0.4, 0.5) is 0 Å². The average Bonchev–Trinajstić information content (AvgIpc) is 3.18. The first-order chi connectivity index (χ1) is 10.3. The highest BCUT2D eigenvalue weighted by Gasteiger charge is 2.25. The van der Waals surface area contributed by atoms with Crippen LogP contribution >= 0.6 is 24.0 Å². The van der Waals surface area contributed by atoms with Gasteiger partial charge in [0.2, 0.25) is 0 Å². The summed E-state index contributed by atoms with van der Waals surface area (Å²) < 4.78 is 5.59. The number of halogens is 1. The van der Waals surface area contributed by atoms with Crippen LogP contribution in [-0.2, 0) is 0 Å². The molecule has 1 atom stereocenters. The number of nitrogens with zero attached hydrogens (tertiary/aromatic N) is 2. The van der Waals surface area contributed by atoms with Gasteiger partial charge in [0.05, 0.1) is 25.5 Å². The summed E-state index contributed by atoms with van der Waals surface area (Å²) in [5.74, 6) is 1.71. The van der Waals surface area contributed by atoms with Gasteiger partial charge in [-0.05, 0) is 45.0 Å². The molecule has 1 aliphatic rings. The zero-order valence-electron chi connectivity index (χ0n) is 13.1. The van der Waals surface area contributed by atoms with Crippen molar-refractivity contribution in [1.82, 2.24) is 15.5 Å². The molecule has 1 unspecified atom stereocenters. The maximum absolute atomic E-state index is 8.92. The number of guanidine groups is 1. The molecule has 7 heteroatoms. The molecule has 0 radical (unpaired) electrons. The molecular weight excluding hydrogens is 395 g/mol. The Bertz CT molecular complexity index is 419. The highest BCUT2D eigenvalue weighted by atomic mass is 127. The molecule has 0 aliphatic carbocycles. The van der Waals surface area contributed by atoms with Crippen LogP contribution in [0.3, 0.4) is 0 Å². The van der Waals surface area contributed by atoms with Gasteiger partial charge in [0.1, 0.15) is 5.76 Å². The van der Waals surface area contributed by atoms with E-state index < -0.39 is 0 Å². The fourth-order valence-electron chi connectivity index (χ4n) is 2.61. The predicted octanol–water partition coefficient (Wildman–Crippen LogP) is 1.58. The van der Waals surface area contributed by atoms with Crippen molar-refractivity contribution in [2.45, 2.75) is 25.8 Å². The molecule has 1 aromatic heterocycles. The van der Waals surface area contributed by atoms with Gasteiger partial charge >= 0.3 is 0 Å². The standard InChI is InChI=1S/C15H26N4O2.HI/c1-2-16-15(17-7-10-20)18-12-13(14-6-5-11-21-14)19-8-3-4-9-19;/h5-6,11,13,20H,2-4,7-10,12H2,1H3,(H2,16,17,18);1H. The third-order valence-corrected chi connectivity index (χ3v) is 3.62. The summed E-state index contributed by atoms with van der Waals surface area (Å²) in [6, 6.07) is 4.14. The summed E-state index contributed by atoms with van der Waals surface area (Å²) in [5, 5.41) is 15.2. The van der Waals surface area contributed by atoms with Crippen molar-refractivity contribution in [3.8, 4) is 0 Å². The highest BCUT2D eigenvalue weighted by molar-refractivity contribution is 14.0. The van der Waals surface area contributed by atoms with Crippen LogP contribution < -0.4 is 10.6 Å². The zero-order valence-corrected chi connectivity index (χ0v) is 15.5. The Morgan fingerprint density at radius 3 is 2.77 bits per heavy atom. The fourth-order valence-corrected chi connectivity index (χ4v) is 2.61. The van der Waals surface area contributed by atoms with Gasteiger partial charge in [-0.25, -0.2) is 0 Å². The van der Waals surface area contributed by atoms with Crippen molar-refractivity contribution in [3.05, 3.63) is 24.2 Å². The van der Waals surface area contributed by atoms with Crippen molar-refractivity contribution < 1.29 is 9.52 Å². The van der Waals surface area contributed by atoms with Gasteiger partial charge in [-0.1, -0.05) is 0 Å². The van der Waals surface area contributed by atoms with Gasteiger partial charge in [-0.15, -0.1) is 24.0 Å². The van der Waals surface area contributed by atoms with Gasteiger partial charge in [-0.2, -0.15) is 0 Å². The molecule has 6 nitrogen and oxygen atoms in total. The maximum atomic E-state index is 8.92. The summed E-state index contributed by atoms with van der Waals surface area (Å²) in [6.07, 6.45) is 4.20. The van der Waals surface area contributed by atoms with Crippen LogP contribution in [0.25, 0.3) is 0 Å². The Kier molecular flexibility index (Phi) is 9.49. The third-order valence-electron chi connectivity index (χ3n) is 3.62. The van der Waals surface area contributed by atoms with E-state index in [4.69, 9.17) is 9.52 Å². The van der Waals surface area contributed by atoms with Gasteiger partial charge in [0.25, 0.3) is 0 Å². The molecule has 126 valence electrons. The number of aliphatic hydroxyl groups excluding tert-OH is 1. The van der Waals surface area contributed by atoms with Gasteiger partial charge < -0.3 is 20.2 Å². The van der Waals surface area contributed by atoms with Gasteiger partial charge in [0.15, 0.2) is 5.96 Å². The maximum Gasteiger partial charge on any atom is 0.191 e. The van der Waals surface area contributed by atoms with Gasteiger partial charge in [-0.3, -0.25) is 9.89 Å². The first-order valence-electron chi connectivity index (χ1n) is 7.75. The Labute approximate surface area is 149 Å². The SMILES string of the molecule is CCNC(=NCC(c1ccco1)N1CCCC1)NCCO.I. The van der Waals surface area contributed by atoms with E-state index in [0.717, 1.165) is 31.4 Å². The minimum Gasteiger partial charge on any atom is -0.468 e. The first-order valence-corrected chi connectivity index (χ1v) is 7.75.